The van der Waals surface area contributed by atoms with E-state index in [-0.39, 0.29) is 18.9 Å². The predicted octanol–water partition coefficient (Wildman–Crippen LogP) is 4.28. The lowest BCUT2D eigenvalue weighted by Crippen LogP contribution is -2.05. The zero-order chi connectivity index (χ0) is 13.8. The van der Waals surface area contributed by atoms with Crippen molar-refractivity contribution in [1.82, 2.24) is 0 Å². The number of hydrogen-bond donors (Lipinski definition) is 1. The average molecular weight is 345 g/mol. The van der Waals surface area contributed by atoms with E-state index in [9.17, 15) is 4.39 Å². The van der Waals surface area contributed by atoms with Gasteiger partial charge in [0.15, 0.2) is 11.6 Å². The van der Waals surface area contributed by atoms with Crippen molar-refractivity contribution in [3.8, 4) is 5.75 Å². The van der Waals surface area contributed by atoms with E-state index in [1.807, 2.05) is 12.1 Å². The Bertz CT molecular complexity index is 592. The summed E-state index contributed by atoms with van der Waals surface area (Å²) in [6.07, 6.45) is 0. The highest BCUT2D eigenvalue weighted by atomic mass is 79.9. The first-order valence-corrected chi connectivity index (χ1v) is 6.83. The van der Waals surface area contributed by atoms with Crippen LogP contribution in [0.15, 0.2) is 40.9 Å². The molecular formula is C14H12BrClFNO. The first-order valence-electron chi connectivity index (χ1n) is 5.66. The summed E-state index contributed by atoms with van der Waals surface area (Å²) in [5.41, 5.74) is 6.98. The quantitative estimate of drug-likeness (QED) is 0.898. The van der Waals surface area contributed by atoms with E-state index in [1.165, 1.54) is 6.07 Å². The Labute approximate surface area is 124 Å². The van der Waals surface area contributed by atoms with E-state index in [4.69, 9.17) is 22.1 Å². The SMILES string of the molecule is NCc1cccc(F)c1OCc1ccc(Br)cc1Cl. The summed E-state index contributed by atoms with van der Waals surface area (Å²) >= 11 is 9.41. The highest BCUT2D eigenvalue weighted by Crippen LogP contribution is 2.26. The molecule has 100 valence electrons. The maximum absolute atomic E-state index is 13.7. The highest BCUT2D eigenvalue weighted by molar-refractivity contribution is 9.10. The fourth-order valence-corrected chi connectivity index (χ4v) is 2.39. The van der Waals surface area contributed by atoms with Crippen molar-refractivity contribution in [1.29, 1.82) is 0 Å². The molecule has 0 aliphatic heterocycles. The fraction of sp³-hybridized carbons (Fsp3) is 0.143. The summed E-state index contributed by atoms with van der Waals surface area (Å²) < 4.78 is 20.1. The van der Waals surface area contributed by atoms with Gasteiger partial charge in [0.05, 0.1) is 0 Å². The van der Waals surface area contributed by atoms with Gasteiger partial charge < -0.3 is 10.5 Å². The molecular weight excluding hydrogens is 333 g/mol. The molecule has 2 aromatic carbocycles. The highest BCUT2D eigenvalue weighted by Gasteiger charge is 2.10. The van der Waals surface area contributed by atoms with Crippen molar-refractivity contribution in [2.75, 3.05) is 0 Å². The van der Waals surface area contributed by atoms with Crippen LogP contribution in [0.1, 0.15) is 11.1 Å². The lowest BCUT2D eigenvalue weighted by molar-refractivity contribution is 0.287. The number of ether oxygens (including phenoxy) is 1. The monoisotopic (exact) mass is 343 g/mol. The third-order valence-corrected chi connectivity index (χ3v) is 3.50. The maximum Gasteiger partial charge on any atom is 0.165 e. The molecule has 0 heterocycles. The second-order valence-corrected chi connectivity index (χ2v) is 5.28. The number of hydrogen-bond acceptors (Lipinski definition) is 2. The molecule has 0 aliphatic rings. The van der Waals surface area contributed by atoms with Gasteiger partial charge in [-0.2, -0.15) is 0 Å². The third kappa shape index (κ3) is 3.47. The van der Waals surface area contributed by atoms with Crippen molar-refractivity contribution >= 4 is 27.5 Å². The lowest BCUT2D eigenvalue weighted by atomic mass is 10.2. The molecule has 0 bridgehead atoms. The number of halogens is 3. The van der Waals surface area contributed by atoms with Crippen molar-refractivity contribution in [3.05, 3.63) is 62.8 Å². The molecule has 5 heteroatoms. The normalized spacial score (nSPS) is 10.5. The van der Waals surface area contributed by atoms with E-state index in [0.717, 1.165) is 10.0 Å². The summed E-state index contributed by atoms with van der Waals surface area (Å²) in [7, 11) is 0. The van der Waals surface area contributed by atoms with Crippen LogP contribution in [0.4, 0.5) is 4.39 Å². The Kier molecular flexibility index (Phi) is 4.80. The van der Waals surface area contributed by atoms with Gasteiger partial charge in [-0.1, -0.05) is 45.7 Å². The number of rotatable bonds is 4. The standard InChI is InChI=1S/C14H12BrClFNO/c15-11-5-4-10(12(16)6-11)8-19-14-9(7-18)2-1-3-13(14)17/h1-6H,7-8,18H2. The molecule has 0 amide bonds. The molecule has 0 fully saturated rings. The minimum Gasteiger partial charge on any atom is -0.485 e. The molecule has 0 unspecified atom stereocenters. The molecule has 2 nitrogen and oxygen atoms in total. The van der Waals surface area contributed by atoms with Gasteiger partial charge in [0.2, 0.25) is 0 Å². The van der Waals surface area contributed by atoms with Crippen LogP contribution in [0, 0.1) is 5.82 Å². The molecule has 2 aromatic rings. The molecule has 0 saturated heterocycles. The Hall–Kier alpha value is -1.10. The van der Waals surface area contributed by atoms with Crippen LogP contribution in [0.25, 0.3) is 0 Å². The molecule has 0 spiro atoms. The van der Waals surface area contributed by atoms with E-state index in [1.54, 1.807) is 18.2 Å². The molecule has 0 radical (unpaired) electrons. The van der Waals surface area contributed by atoms with Gasteiger partial charge in [-0.05, 0) is 18.2 Å². The number of para-hydroxylation sites is 1. The van der Waals surface area contributed by atoms with Crippen LogP contribution in [-0.2, 0) is 13.2 Å². The topological polar surface area (TPSA) is 35.2 Å². The predicted molar refractivity (Wildman–Crippen MR) is 77.8 cm³/mol. The van der Waals surface area contributed by atoms with Crippen molar-refractivity contribution in [3.63, 3.8) is 0 Å². The van der Waals surface area contributed by atoms with E-state index in [0.29, 0.717) is 10.6 Å². The average Bonchev–Trinajstić information content (AvgIpc) is 2.39. The lowest BCUT2D eigenvalue weighted by Gasteiger charge is -2.12. The van der Waals surface area contributed by atoms with Crippen LogP contribution in [0.5, 0.6) is 5.75 Å². The van der Waals surface area contributed by atoms with Gasteiger partial charge in [0.25, 0.3) is 0 Å². The second-order valence-electron chi connectivity index (χ2n) is 3.96. The zero-order valence-corrected chi connectivity index (χ0v) is 12.3. The Morgan fingerprint density at radius 1 is 1.21 bits per heavy atom. The minimum atomic E-state index is -0.420. The molecule has 2 rings (SSSR count). The summed E-state index contributed by atoms with van der Waals surface area (Å²) in [5.74, 6) is -0.236. The first kappa shape index (κ1) is 14.3. The van der Waals surface area contributed by atoms with Crippen LogP contribution in [0.2, 0.25) is 5.02 Å². The fourth-order valence-electron chi connectivity index (χ4n) is 1.66. The largest absolute Gasteiger partial charge is 0.485 e. The summed E-state index contributed by atoms with van der Waals surface area (Å²) in [6.45, 7) is 0.418. The summed E-state index contributed by atoms with van der Waals surface area (Å²) in [5, 5.41) is 0.569. The maximum atomic E-state index is 13.7. The van der Waals surface area contributed by atoms with Crippen LogP contribution >= 0.6 is 27.5 Å². The molecule has 0 aliphatic carbocycles. The van der Waals surface area contributed by atoms with Gasteiger partial charge in [0, 0.05) is 27.2 Å². The molecule has 0 saturated carbocycles. The van der Waals surface area contributed by atoms with Crippen molar-refractivity contribution in [2.24, 2.45) is 5.73 Å². The smallest absolute Gasteiger partial charge is 0.165 e. The van der Waals surface area contributed by atoms with Gasteiger partial charge in [-0.3, -0.25) is 0 Å². The summed E-state index contributed by atoms with van der Waals surface area (Å²) in [4.78, 5) is 0. The van der Waals surface area contributed by atoms with E-state index in [2.05, 4.69) is 15.9 Å². The van der Waals surface area contributed by atoms with E-state index < -0.39 is 5.82 Å². The van der Waals surface area contributed by atoms with Gasteiger partial charge in [0.1, 0.15) is 6.61 Å². The van der Waals surface area contributed by atoms with Crippen LogP contribution in [-0.4, -0.2) is 0 Å². The number of nitrogens with two attached hydrogens (primary N) is 1. The van der Waals surface area contributed by atoms with Gasteiger partial charge >= 0.3 is 0 Å². The van der Waals surface area contributed by atoms with Gasteiger partial charge in [-0.15, -0.1) is 0 Å². The third-order valence-electron chi connectivity index (χ3n) is 2.66. The minimum absolute atomic E-state index is 0.184. The molecule has 0 aromatic heterocycles. The van der Waals surface area contributed by atoms with Gasteiger partial charge in [-0.25, -0.2) is 4.39 Å². The Morgan fingerprint density at radius 3 is 2.68 bits per heavy atom. The first-order chi connectivity index (χ1) is 9.11. The van der Waals surface area contributed by atoms with E-state index >= 15 is 0 Å². The second kappa shape index (κ2) is 6.37. The Balaban J connectivity index is 2.19. The zero-order valence-electron chi connectivity index (χ0n) is 10.00. The molecule has 2 N–H and O–H groups in total. The van der Waals surface area contributed by atoms with Crippen LogP contribution < -0.4 is 10.5 Å². The summed E-state index contributed by atoms with van der Waals surface area (Å²) in [6, 6.07) is 10.1. The Morgan fingerprint density at radius 2 is 2.00 bits per heavy atom. The molecule has 19 heavy (non-hydrogen) atoms. The van der Waals surface area contributed by atoms with Crippen molar-refractivity contribution in [2.45, 2.75) is 13.2 Å². The van der Waals surface area contributed by atoms with Crippen molar-refractivity contribution < 1.29 is 9.13 Å². The van der Waals surface area contributed by atoms with Crippen LogP contribution in [0.3, 0.4) is 0 Å². The molecule has 0 atom stereocenters. The number of benzene rings is 2.